The normalized spacial score (nSPS) is 13.3. The highest BCUT2D eigenvalue weighted by Crippen LogP contribution is 2.36. The van der Waals surface area contributed by atoms with Crippen molar-refractivity contribution in [3.8, 4) is 0 Å². The van der Waals surface area contributed by atoms with E-state index in [2.05, 4.69) is 70.9 Å². The molecule has 0 aliphatic rings. The fraction of sp³-hybridized carbons (Fsp3) is 1.00. The third-order valence-corrected chi connectivity index (χ3v) is 6.55. The molecule has 0 atom stereocenters. The predicted octanol–water partition coefficient (Wildman–Crippen LogP) is 4.93. The maximum Gasteiger partial charge on any atom is 0.0484 e. The van der Waals surface area contributed by atoms with Crippen LogP contribution in [0.2, 0.25) is 25.7 Å². The second-order valence-electron chi connectivity index (χ2n) is 5.56. The SMILES string of the molecule is CC(C)SC(C[Si](C)(C)C)SC(C)C. The molecule has 0 fully saturated rings. The van der Waals surface area contributed by atoms with Gasteiger partial charge in [-0.1, -0.05) is 47.3 Å². The minimum Gasteiger partial charge on any atom is -0.145 e. The molecule has 0 N–H and O–H groups in total. The summed E-state index contributed by atoms with van der Waals surface area (Å²) < 4.78 is 0.821. The number of hydrogen-bond donors (Lipinski definition) is 0. The molecule has 0 aromatic heterocycles. The Hall–Kier alpha value is 0.917. The minimum absolute atomic E-state index is 0.766. The topological polar surface area (TPSA) is 0 Å². The first kappa shape index (κ1) is 14.9. The fourth-order valence-corrected chi connectivity index (χ4v) is 8.81. The second-order valence-corrected chi connectivity index (χ2v) is 15.0. The zero-order valence-electron chi connectivity index (χ0n) is 10.8. The molecular weight excluding hydrogens is 224 g/mol. The molecule has 0 aromatic rings. The first-order valence-electron chi connectivity index (χ1n) is 5.51. The Labute approximate surface area is 100 Å². The lowest BCUT2D eigenvalue weighted by molar-refractivity contribution is 1.08. The van der Waals surface area contributed by atoms with Crippen LogP contribution >= 0.6 is 23.5 Å². The molecule has 0 saturated heterocycles. The van der Waals surface area contributed by atoms with Gasteiger partial charge in [0.25, 0.3) is 0 Å². The van der Waals surface area contributed by atoms with E-state index in [1.54, 1.807) is 0 Å². The van der Waals surface area contributed by atoms with Gasteiger partial charge in [-0.15, -0.1) is 23.5 Å². The molecule has 0 saturated carbocycles. The molecular formula is C11H26S2Si. The van der Waals surface area contributed by atoms with Crippen molar-refractivity contribution in [2.45, 2.75) is 68.5 Å². The van der Waals surface area contributed by atoms with Crippen molar-refractivity contribution < 1.29 is 0 Å². The van der Waals surface area contributed by atoms with Gasteiger partial charge in [0.15, 0.2) is 0 Å². The van der Waals surface area contributed by atoms with Gasteiger partial charge in [-0.05, 0) is 6.04 Å². The molecule has 14 heavy (non-hydrogen) atoms. The first-order valence-corrected chi connectivity index (χ1v) is 11.1. The molecule has 0 bridgehead atoms. The van der Waals surface area contributed by atoms with Crippen LogP contribution in [0, 0.1) is 0 Å². The van der Waals surface area contributed by atoms with E-state index in [1.807, 2.05) is 0 Å². The summed E-state index contributed by atoms with van der Waals surface area (Å²) >= 11 is 4.30. The van der Waals surface area contributed by atoms with Crippen LogP contribution in [0.25, 0.3) is 0 Å². The maximum atomic E-state index is 2.47. The highest BCUT2D eigenvalue weighted by Gasteiger charge is 2.22. The van der Waals surface area contributed by atoms with Gasteiger partial charge in [0.2, 0.25) is 0 Å². The Bertz CT molecular complexity index is 140. The molecule has 3 heteroatoms. The molecule has 0 rings (SSSR count). The maximum absolute atomic E-state index is 2.47. The van der Waals surface area contributed by atoms with E-state index in [0.717, 1.165) is 15.1 Å². The molecule has 0 spiro atoms. The molecule has 0 unspecified atom stereocenters. The van der Waals surface area contributed by atoms with Crippen molar-refractivity contribution in [2.75, 3.05) is 0 Å². The zero-order chi connectivity index (χ0) is 11.4. The summed E-state index contributed by atoms with van der Waals surface area (Å²) in [5, 5.41) is 1.53. The Morgan fingerprint density at radius 2 is 1.21 bits per heavy atom. The molecule has 0 aromatic carbocycles. The van der Waals surface area contributed by atoms with Crippen LogP contribution in [0.1, 0.15) is 27.7 Å². The Balaban J connectivity index is 4.11. The van der Waals surface area contributed by atoms with Gasteiger partial charge in [-0.2, -0.15) is 0 Å². The highest BCUT2D eigenvalue weighted by molar-refractivity contribution is 8.17. The zero-order valence-corrected chi connectivity index (χ0v) is 13.4. The van der Waals surface area contributed by atoms with Gasteiger partial charge in [0.05, 0.1) is 0 Å². The number of thioether (sulfide) groups is 2. The summed E-state index contributed by atoms with van der Waals surface area (Å²) in [6, 6.07) is 1.44. The van der Waals surface area contributed by atoms with Gasteiger partial charge in [-0.25, -0.2) is 0 Å². The molecule has 0 radical (unpaired) electrons. The average Bonchev–Trinajstić information content (AvgIpc) is 1.77. The number of hydrogen-bond acceptors (Lipinski definition) is 2. The monoisotopic (exact) mass is 250 g/mol. The first-order chi connectivity index (χ1) is 6.20. The van der Waals surface area contributed by atoms with Crippen molar-refractivity contribution in [1.29, 1.82) is 0 Å². The van der Waals surface area contributed by atoms with Crippen LogP contribution < -0.4 is 0 Å². The van der Waals surface area contributed by atoms with Crippen LogP contribution in [-0.2, 0) is 0 Å². The van der Waals surface area contributed by atoms with E-state index in [9.17, 15) is 0 Å². The molecule has 86 valence electrons. The van der Waals surface area contributed by atoms with Crippen LogP contribution in [-0.4, -0.2) is 23.2 Å². The number of rotatable bonds is 6. The van der Waals surface area contributed by atoms with Crippen LogP contribution in [0.3, 0.4) is 0 Å². The van der Waals surface area contributed by atoms with Gasteiger partial charge >= 0.3 is 0 Å². The van der Waals surface area contributed by atoms with Crippen molar-refractivity contribution in [3.05, 3.63) is 0 Å². The smallest absolute Gasteiger partial charge is 0.0484 e. The standard InChI is InChI=1S/C11H26S2Si/c1-9(2)12-11(13-10(3)4)8-14(5,6)7/h9-11H,8H2,1-7H3. The average molecular weight is 251 g/mol. The van der Waals surface area contributed by atoms with E-state index in [-0.39, 0.29) is 0 Å². The van der Waals surface area contributed by atoms with Gasteiger partial charge < -0.3 is 0 Å². The van der Waals surface area contributed by atoms with E-state index in [1.165, 1.54) is 6.04 Å². The van der Waals surface area contributed by atoms with Crippen molar-refractivity contribution >= 4 is 31.6 Å². The summed E-state index contributed by atoms with van der Waals surface area (Å²) in [7, 11) is -0.896. The molecule has 0 heterocycles. The van der Waals surface area contributed by atoms with Gasteiger partial charge in [0.1, 0.15) is 0 Å². The molecule has 0 nitrogen and oxygen atoms in total. The Kier molecular flexibility index (Phi) is 6.91. The third-order valence-electron chi connectivity index (χ3n) is 1.63. The van der Waals surface area contributed by atoms with E-state index < -0.39 is 8.07 Å². The summed E-state index contributed by atoms with van der Waals surface area (Å²) in [6.45, 7) is 16.7. The quantitative estimate of drug-likeness (QED) is 0.484. The van der Waals surface area contributed by atoms with Crippen molar-refractivity contribution in [1.82, 2.24) is 0 Å². The lowest BCUT2D eigenvalue weighted by Gasteiger charge is -2.26. The molecule has 0 aliphatic carbocycles. The van der Waals surface area contributed by atoms with Crippen molar-refractivity contribution in [2.24, 2.45) is 0 Å². The van der Waals surface area contributed by atoms with Crippen LogP contribution in [0.5, 0.6) is 0 Å². The van der Waals surface area contributed by atoms with Gasteiger partial charge in [-0.3, -0.25) is 0 Å². The minimum atomic E-state index is -0.896. The largest absolute Gasteiger partial charge is 0.145 e. The van der Waals surface area contributed by atoms with Crippen molar-refractivity contribution in [3.63, 3.8) is 0 Å². The van der Waals surface area contributed by atoms with E-state index in [0.29, 0.717) is 0 Å². The summed E-state index contributed by atoms with van der Waals surface area (Å²) in [6.07, 6.45) is 0. The van der Waals surface area contributed by atoms with E-state index in [4.69, 9.17) is 0 Å². The Morgan fingerprint density at radius 1 is 0.857 bits per heavy atom. The van der Waals surface area contributed by atoms with Gasteiger partial charge in [0, 0.05) is 23.2 Å². The molecule has 0 amide bonds. The lowest BCUT2D eigenvalue weighted by Crippen LogP contribution is -2.25. The van der Waals surface area contributed by atoms with E-state index >= 15 is 0 Å². The fourth-order valence-electron chi connectivity index (χ4n) is 1.24. The summed E-state index contributed by atoms with van der Waals surface area (Å²) in [4.78, 5) is 0. The predicted molar refractivity (Wildman–Crippen MR) is 77.4 cm³/mol. The molecule has 0 aliphatic heterocycles. The lowest BCUT2D eigenvalue weighted by atomic mass is 10.6. The van der Waals surface area contributed by atoms with Crippen LogP contribution in [0.4, 0.5) is 0 Å². The summed E-state index contributed by atoms with van der Waals surface area (Å²) in [5.41, 5.74) is 0. The third kappa shape index (κ3) is 9.47. The highest BCUT2D eigenvalue weighted by atomic mass is 32.2. The second kappa shape index (κ2) is 6.49. The Morgan fingerprint density at radius 3 is 1.43 bits per heavy atom. The summed E-state index contributed by atoms with van der Waals surface area (Å²) in [5.74, 6) is 0. The van der Waals surface area contributed by atoms with Crippen LogP contribution in [0.15, 0.2) is 0 Å².